The lowest BCUT2D eigenvalue weighted by molar-refractivity contribution is -0.222. The van der Waals surface area contributed by atoms with Crippen LogP contribution in [0, 0.1) is 18.3 Å². The molecule has 1 fully saturated rings. The number of hydrogen-bond acceptors (Lipinski definition) is 5. The standard InChI is InChI=1S/C15H13NO4/c1-9-6-10(4-5-11(9)8-16)7-12-13(17)19-15(2,3)20-14(12)18/h4-7H,1-3H3. The highest BCUT2D eigenvalue weighted by atomic mass is 16.7. The highest BCUT2D eigenvalue weighted by Crippen LogP contribution is 2.24. The van der Waals surface area contributed by atoms with Crippen molar-refractivity contribution in [3.8, 4) is 6.07 Å². The number of nitriles is 1. The molecule has 0 atom stereocenters. The third kappa shape index (κ3) is 2.69. The molecule has 0 spiro atoms. The van der Waals surface area contributed by atoms with Crippen LogP contribution in [0.5, 0.6) is 0 Å². The molecule has 1 heterocycles. The van der Waals surface area contributed by atoms with Gasteiger partial charge in [-0.15, -0.1) is 0 Å². The minimum Gasteiger partial charge on any atom is -0.419 e. The summed E-state index contributed by atoms with van der Waals surface area (Å²) in [4.78, 5) is 23.6. The van der Waals surface area contributed by atoms with Crippen LogP contribution in [-0.2, 0) is 19.1 Å². The van der Waals surface area contributed by atoms with Crippen molar-refractivity contribution < 1.29 is 19.1 Å². The summed E-state index contributed by atoms with van der Waals surface area (Å²) in [6, 6.07) is 7.05. The lowest BCUT2D eigenvalue weighted by atomic mass is 10.0. The summed E-state index contributed by atoms with van der Waals surface area (Å²) in [6.45, 7) is 4.76. The zero-order chi connectivity index (χ0) is 14.9. The molecule has 0 radical (unpaired) electrons. The number of hydrogen-bond donors (Lipinski definition) is 0. The predicted molar refractivity (Wildman–Crippen MR) is 70.1 cm³/mol. The summed E-state index contributed by atoms with van der Waals surface area (Å²) >= 11 is 0. The smallest absolute Gasteiger partial charge is 0.348 e. The van der Waals surface area contributed by atoms with Crippen molar-refractivity contribution in [1.82, 2.24) is 0 Å². The number of carbonyl (C=O) groups is 2. The van der Waals surface area contributed by atoms with Crippen molar-refractivity contribution >= 4 is 18.0 Å². The van der Waals surface area contributed by atoms with Crippen molar-refractivity contribution in [2.75, 3.05) is 0 Å². The van der Waals surface area contributed by atoms with Gasteiger partial charge >= 0.3 is 11.9 Å². The molecule has 0 aromatic heterocycles. The van der Waals surface area contributed by atoms with E-state index in [-0.39, 0.29) is 5.57 Å². The maximum Gasteiger partial charge on any atom is 0.348 e. The number of esters is 2. The second-order valence-electron chi connectivity index (χ2n) is 4.92. The van der Waals surface area contributed by atoms with Crippen LogP contribution in [0.2, 0.25) is 0 Å². The quantitative estimate of drug-likeness (QED) is 0.444. The zero-order valence-corrected chi connectivity index (χ0v) is 11.4. The molecule has 5 heteroatoms. The van der Waals surface area contributed by atoms with Gasteiger partial charge in [-0.3, -0.25) is 0 Å². The van der Waals surface area contributed by atoms with Crippen LogP contribution in [0.15, 0.2) is 23.8 Å². The Labute approximate surface area is 116 Å². The fraction of sp³-hybridized carbons (Fsp3) is 0.267. The highest BCUT2D eigenvalue weighted by Gasteiger charge is 2.38. The van der Waals surface area contributed by atoms with E-state index in [0.717, 1.165) is 5.56 Å². The van der Waals surface area contributed by atoms with Crippen molar-refractivity contribution in [3.05, 3.63) is 40.5 Å². The van der Waals surface area contributed by atoms with Crippen molar-refractivity contribution in [2.45, 2.75) is 26.6 Å². The van der Waals surface area contributed by atoms with Gasteiger partial charge in [0.05, 0.1) is 11.6 Å². The number of benzene rings is 1. The molecule has 0 aliphatic carbocycles. The summed E-state index contributed by atoms with van der Waals surface area (Å²) in [7, 11) is 0. The second kappa shape index (κ2) is 4.82. The van der Waals surface area contributed by atoms with E-state index in [9.17, 15) is 9.59 Å². The average Bonchev–Trinajstić information content (AvgIpc) is 2.33. The Hall–Kier alpha value is -2.61. The first-order chi connectivity index (χ1) is 9.32. The molecule has 1 aromatic carbocycles. The fourth-order valence-corrected chi connectivity index (χ4v) is 1.85. The normalized spacial score (nSPS) is 17.0. The van der Waals surface area contributed by atoms with Crippen LogP contribution in [0.1, 0.15) is 30.5 Å². The van der Waals surface area contributed by atoms with Gasteiger partial charge in [-0.2, -0.15) is 5.26 Å². The SMILES string of the molecule is Cc1cc(C=C2C(=O)OC(C)(C)OC2=O)ccc1C#N. The Balaban J connectivity index is 2.36. The van der Waals surface area contributed by atoms with Crippen molar-refractivity contribution in [2.24, 2.45) is 0 Å². The van der Waals surface area contributed by atoms with Gasteiger partial charge in [0.1, 0.15) is 5.57 Å². The molecule has 1 aliphatic rings. The summed E-state index contributed by atoms with van der Waals surface area (Å²) in [6.07, 6.45) is 1.40. The van der Waals surface area contributed by atoms with E-state index in [0.29, 0.717) is 11.1 Å². The van der Waals surface area contributed by atoms with Crippen molar-refractivity contribution in [1.29, 1.82) is 5.26 Å². The minimum absolute atomic E-state index is 0.159. The molecule has 0 saturated carbocycles. The molecule has 20 heavy (non-hydrogen) atoms. The minimum atomic E-state index is -1.24. The number of carbonyl (C=O) groups excluding carboxylic acids is 2. The number of cyclic esters (lactones) is 2. The molecule has 1 aliphatic heterocycles. The Kier molecular flexibility index (Phi) is 3.33. The van der Waals surface area contributed by atoms with Gasteiger partial charge in [-0.05, 0) is 30.2 Å². The number of nitrogens with zero attached hydrogens (tertiary/aromatic N) is 1. The molecule has 0 bridgehead atoms. The molecule has 1 saturated heterocycles. The van der Waals surface area contributed by atoms with Gasteiger partial charge in [0, 0.05) is 13.8 Å². The average molecular weight is 271 g/mol. The Morgan fingerprint density at radius 3 is 2.30 bits per heavy atom. The van der Waals surface area contributed by atoms with E-state index < -0.39 is 17.7 Å². The molecule has 0 N–H and O–H groups in total. The maximum atomic E-state index is 11.8. The van der Waals surface area contributed by atoms with E-state index in [1.807, 2.05) is 0 Å². The molecule has 0 unspecified atom stereocenters. The molecule has 1 aromatic rings. The van der Waals surface area contributed by atoms with Crippen LogP contribution in [0.3, 0.4) is 0 Å². The summed E-state index contributed by atoms with van der Waals surface area (Å²) in [5, 5.41) is 8.86. The lowest BCUT2D eigenvalue weighted by Gasteiger charge is -2.29. The molecule has 2 rings (SSSR count). The number of ether oxygens (including phenoxy) is 2. The summed E-state index contributed by atoms with van der Waals surface area (Å²) < 4.78 is 10.0. The maximum absolute atomic E-state index is 11.8. The van der Waals surface area contributed by atoms with Gasteiger partial charge in [-0.25, -0.2) is 9.59 Å². The predicted octanol–water partition coefficient (Wildman–Crippen LogP) is 2.09. The van der Waals surface area contributed by atoms with Crippen molar-refractivity contribution in [3.63, 3.8) is 0 Å². The monoisotopic (exact) mass is 271 g/mol. The first kappa shape index (κ1) is 13.8. The molecule has 102 valence electrons. The van der Waals surface area contributed by atoms with E-state index in [4.69, 9.17) is 14.7 Å². The molecular weight excluding hydrogens is 258 g/mol. The van der Waals surface area contributed by atoms with Gasteiger partial charge < -0.3 is 9.47 Å². The third-order valence-corrected chi connectivity index (χ3v) is 2.80. The van der Waals surface area contributed by atoms with Crippen LogP contribution >= 0.6 is 0 Å². The molecule has 0 amide bonds. The Bertz CT molecular complexity index is 643. The first-order valence-electron chi connectivity index (χ1n) is 6.01. The third-order valence-electron chi connectivity index (χ3n) is 2.80. The largest absolute Gasteiger partial charge is 0.419 e. The molecule has 5 nitrogen and oxygen atoms in total. The van der Waals surface area contributed by atoms with E-state index in [2.05, 4.69) is 6.07 Å². The number of aryl methyl sites for hydroxylation is 1. The fourth-order valence-electron chi connectivity index (χ4n) is 1.85. The summed E-state index contributed by atoms with van der Waals surface area (Å²) in [5.74, 6) is -2.67. The van der Waals surface area contributed by atoms with E-state index >= 15 is 0 Å². The first-order valence-corrected chi connectivity index (χ1v) is 6.01. The van der Waals surface area contributed by atoms with Gasteiger partial charge in [-0.1, -0.05) is 12.1 Å². The van der Waals surface area contributed by atoms with Crippen LogP contribution in [0.25, 0.3) is 6.08 Å². The second-order valence-corrected chi connectivity index (χ2v) is 4.92. The Morgan fingerprint density at radius 1 is 1.20 bits per heavy atom. The van der Waals surface area contributed by atoms with Crippen LogP contribution in [-0.4, -0.2) is 17.7 Å². The van der Waals surface area contributed by atoms with Gasteiger partial charge in [0.15, 0.2) is 0 Å². The van der Waals surface area contributed by atoms with E-state index in [1.165, 1.54) is 19.9 Å². The van der Waals surface area contributed by atoms with E-state index in [1.54, 1.807) is 25.1 Å². The molecular formula is C15H13NO4. The zero-order valence-electron chi connectivity index (χ0n) is 11.4. The van der Waals surface area contributed by atoms with Crippen LogP contribution in [0.4, 0.5) is 0 Å². The lowest BCUT2D eigenvalue weighted by Crippen LogP contribution is -2.41. The summed E-state index contributed by atoms with van der Waals surface area (Å²) in [5.41, 5.74) is 1.78. The van der Waals surface area contributed by atoms with Gasteiger partial charge in [0.25, 0.3) is 5.79 Å². The topological polar surface area (TPSA) is 76.4 Å². The Morgan fingerprint density at radius 2 is 1.80 bits per heavy atom. The van der Waals surface area contributed by atoms with Crippen LogP contribution < -0.4 is 0 Å². The highest BCUT2D eigenvalue weighted by molar-refractivity contribution is 6.18. The number of rotatable bonds is 1. The van der Waals surface area contributed by atoms with Gasteiger partial charge in [0.2, 0.25) is 0 Å².